The highest BCUT2D eigenvalue weighted by Gasteiger charge is 2.34. The fourth-order valence-corrected chi connectivity index (χ4v) is 4.87. The van der Waals surface area contributed by atoms with E-state index < -0.39 is 11.4 Å². The summed E-state index contributed by atoms with van der Waals surface area (Å²) in [5, 5.41) is 10.2. The molecule has 1 unspecified atom stereocenters. The number of ether oxygens (including phenoxy) is 1. The number of ketones is 1. The number of aryl methyl sites for hydroxylation is 1. The molecule has 1 N–H and O–H groups in total. The third kappa shape index (κ3) is 4.12. The van der Waals surface area contributed by atoms with Crippen molar-refractivity contribution in [3.05, 3.63) is 52.1 Å². The van der Waals surface area contributed by atoms with Crippen molar-refractivity contribution in [2.24, 2.45) is 5.92 Å². The Morgan fingerprint density at radius 3 is 2.79 bits per heavy atom. The number of carbonyl (C=O) groups is 2. The molecule has 5 heterocycles. The highest BCUT2D eigenvalue weighted by atomic mass is 32.1. The molecule has 0 aromatic carbocycles. The summed E-state index contributed by atoms with van der Waals surface area (Å²) in [5.41, 5.74) is -0.00803. The average Bonchev–Trinajstić information content (AvgIpc) is 3.32. The topological polar surface area (TPSA) is 128 Å². The Bertz CT molecular complexity index is 1340. The summed E-state index contributed by atoms with van der Waals surface area (Å²) in [6, 6.07) is 1.77. The van der Waals surface area contributed by atoms with Crippen molar-refractivity contribution in [2.45, 2.75) is 32.3 Å². The largest absolute Gasteiger partial charge is 0.477 e. The predicted molar refractivity (Wildman–Crippen MR) is 126 cm³/mol. The van der Waals surface area contributed by atoms with E-state index in [1.165, 1.54) is 17.1 Å². The summed E-state index contributed by atoms with van der Waals surface area (Å²) in [4.78, 5) is 48.0. The summed E-state index contributed by atoms with van der Waals surface area (Å²) in [5.74, 6) is -0.511. The Morgan fingerprint density at radius 1 is 1.29 bits per heavy atom. The van der Waals surface area contributed by atoms with E-state index >= 15 is 0 Å². The van der Waals surface area contributed by atoms with E-state index in [0.29, 0.717) is 48.3 Å². The number of carboxylic acid groups (broad SMARTS) is 1. The minimum atomic E-state index is -1.31. The van der Waals surface area contributed by atoms with Crippen molar-refractivity contribution in [1.82, 2.24) is 18.9 Å². The van der Waals surface area contributed by atoms with Crippen LogP contribution in [-0.4, -0.2) is 61.6 Å². The molecule has 1 saturated heterocycles. The first-order valence-electron chi connectivity index (χ1n) is 11.0. The number of carboxylic acids is 1. The van der Waals surface area contributed by atoms with Gasteiger partial charge in [0.1, 0.15) is 23.5 Å². The number of hydrogen-bond donors (Lipinski definition) is 1. The molecule has 10 nitrogen and oxygen atoms in total. The van der Waals surface area contributed by atoms with E-state index in [-0.39, 0.29) is 28.8 Å². The van der Waals surface area contributed by atoms with Gasteiger partial charge in [0.05, 0.1) is 24.0 Å². The Morgan fingerprint density at radius 2 is 2.12 bits per heavy atom. The lowest BCUT2D eigenvalue weighted by atomic mass is 9.91. The molecule has 3 aromatic rings. The van der Waals surface area contributed by atoms with E-state index in [9.17, 15) is 19.5 Å². The van der Waals surface area contributed by atoms with Crippen LogP contribution in [0.4, 0.5) is 5.82 Å². The van der Waals surface area contributed by atoms with Crippen molar-refractivity contribution in [3.63, 3.8) is 0 Å². The maximum atomic E-state index is 12.9. The van der Waals surface area contributed by atoms with Gasteiger partial charge in [0.15, 0.2) is 5.65 Å². The van der Waals surface area contributed by atoms with Gasteiger partial charge in [0, 0.05) is 37.2 Å². The van der Waals surface area contributed by atoms with Crippen molar-refractivity contribution < 1.29 is 19.4 Å². The molecule has 0 saturated carbocycles. The summed E-state index contributed by atoms with van der Waals surface area (Å²) >= 11 is 1.07. The summed E-state index contributed by atoms with van der Waals surface area (Å²) in [7, 11) is 0. The zero-order chi connectivity index (χ0) is 23.8. The van der Waals surface area contributed by atoms with Crippen LogP contribution < -0.4 is 10.3 Å². The molecule has 11 heteroatoms. The van der Waals surface area contributed by atoms with Crippen LogP contribution in [0.3, 0.4) is 0 Å². The highest BCUT2D eigenvalue weighted by Crippen LogP contribution is 2.29. The molecule has 2 aliphatic heterocycles. The molecule has 34 heavy (non-hydrogen) atoms. The maximum Gasteiger partial charge on any atom is 0.341 e. The van der Waals surface area contributed by atoms with E-state index in [1.54, 1.807) is 13.0 Å². The number of carbonyl (C=O) groups excluding carboxylic acids is 1. The first-order chi connectivity index (χ1) is 16.4. The molecule has 1 fully saturated rings. The molecule has 2 aliphatic rings. The van der Waals surface area contributed by atoms with Crippen LogP contribution >= 0.6 is 11.5 Å². The standard InChI is InChI=1S/C23H23N5O5S/c1-13-8-18(27-9-14(10-27)17(29)6-5-15-4-2-3-7-33-15)26-21-19(13)20(30)16(22(31)32)11-28(21)23-24-12-25-34-23/h2-3,8,11-12,14-15H,4-7,9-10H2,1H3,(H,31,32). The van der Waals surface area contributed by atoms with Crippen molar-refractivity contribution in [2.75, 3.05) is 24.6 Å². The van der Waals surface area contributed by atoms with Crippen LogP contribution in [0, 0.1) is 12.8 Å². The quantitative estimate of drug-likeness (QED) is 0.506. The van der Waals surface area contributed by atoms with Crippen molar-refractivity contribution in [1.29, 1.82) is 0 Å². The summed E-state index contributed by atoms with van der Waals surface area (Å²) in [6.45, 7) is 3.47. The highest BCUT2D eigenvalue weighted by molar-refractivity contribution is 7.08. The van der Waals surface area contributed by atoms with Crippen molar-refractivity contribution in [3.8, 4) is 5.13 Å². The van der Waals surface area contributed by atoms with E-state index in [1.807, 2.05) is 11.0 Å². The van der Waals surface area contributed by atoms with Gasteiger partial charge in [-0.3, -0.25) is 14.2 Å². The van der Waals surface area contributed by atoms with Gasteiger partial charge in [0.2, 0.25) is 10.6 Å². The van der Waals surface area contributed by atoms with Gasteiger partial charge in [-0.15, -0.1) is 0 Å². The van der Waals surface area contributed by atoms with Gasteiger partial charge in [-0.2, -0.15) is 4.37 Å². The molecule has 0 amide bonds. The number of anilines is 1. The van der Waals surface area contributed by atoms with Gasteiger partial charge in [-0.1, -0.05) is 12.2 Å². The van der Waals surface area contributed by atoms with Crippen LogP contribution in [-0.2, 0) is 9.53 Å². The first-order valence-corrected chi connectivity index (χ1v) is 11.8. The fourth-order valence-electron chi connectivity index (χ4n) is 4.36. The first kappa shape index (κ1) is 22.4. The minimum Gasteiger partial charge on any atom is -0.477 e. The number of fused-ring (bicyclic) bond motifs is 1. The number of rotatable bonds is 7. The summed E-state index contributed by atoms with van der Waals surface area (Å²) < 4.78 is 11.1. The number of aromatic carboxylic acids is 1. The lowest BCUT2D eigenvalue weighted by Gasteiger charge is -2.39. The lowest BCUT2D eigenvalue weighted by molar-refractivity contribution is -0.124. The molecular weight excluding hydrogens is 458 g/mol. The molecule has 0 radical (unpaired) electrons. The average molecular weight is 482 g/mol. The Balaban J connectivity index is 1.39. The second-order valence-electron chi connectivity index (χ2n) is 8.54. The van der Waals surface area contributed by atoms with Crippen LogP contribution in [0.1, 0.15) is 35.2 Å². The van der Waals surface area contributed by atoms with Gasteiger partial charge in [0.25, 0.3) is 0 Å². The maximum absolute atomic E-state index is 12.9. The number of nitrogens with zero attached hydrogens (tertiary/aromatic N) is 5. The van der Waals surface area contributed by atoms with Crippen LogP contribution in [0.2, 0.25) is 0 Å². The van der Waals surface area contributed by atoms with Gasteiger partial charge in [-0.25, -0.2) is 14.8 Å². The van der Waals surface area contributed by atoms with Crippen molar-refractivity contribution >= 4 is 40.1 Å². The molecule has 0 aliphatic carbocycles. The van der Waals surface area contributed by atoms with Crippen LogP contribution in [0.15, 0.2) is 35.5 Å². The molecule has 0 spiro atoms. The SMILES string of the molecule is Cc1cc(N2CC(C(=O)CCC3CC=CCO3)C2)nc2c1c(=O)c(C(=O)O)cn2-c1ncns1. The molecular formula is C23H23N5O5S. The number of aromatic nitrogens is 4. The predicted octanol–water partition coefficient (Wildman–Crippen LogP) is 2.37. The Hall–Kier alpha value is -3.44. The molecule has 176 valence electrons. The zero-order valence-corrected chi connectivity index (χ0v) is 19.3. The Kier molecular flexibility index (Phi) is 5.96. The smallest absolute Gasteiger partial charge is 0.341 e. The van der Waals surface area contributed by atoms with Gasteiger partial charge < -0.3 is 14.7 Å². The van der Waals surface area contributed by atoms with E-state index in [0.717, 1.165) is 24.4 Å². The Labute approximate surface area is 198 Å². The van der Waals surface area contributed by atoms with Gasteiger partial charge >= 0.3 is 5.97 Å². The second kappa shape index (κ2) is 9.07. The normalized spacial score (nSPS) is 18.3. The van der Waals surface area contributed by atoms with Gasteiger partial charge in [-0.05, 0) is 31.4 Å². The van der Waals surface area contributed by atoms with Crippen LogP contribution in [0.5, 0.6) is 0 Å². The van der Waals surface area contributed by atoms with E-state index in [2.05, 4.69) is 20.4 Å². The fraction of sp³-hybridized carbons (Fsp3) is 0.391. The number of pyridine rings is 2. The second-order valence-corrected chi connectivity index (χ2v) is 9.29. The van der Waals surface area contributed by atoms with Crippen LogP contribution in [0.25, 0.3) is 16.2 Å². The monoisotopic (exact) mass is 481 g/mol. The summed E-state index contributed by atoms with van der Waals surface area (Å²) in [6.07, 6.45) is 8.89. The third-order valence-corrected chi connectivity index (χ3v) is 6.96. The molecule has 0 bridgehead atoms. The number of Topliss-reactive ketones (excluding diaryl/α,β-unsaturated/α-hetero) is 1. The lowest BCUT2D eigenvalue weighted by Crippen LogP contribution is -2.51. The molecule has 3 aromatic heterocycles. The molecule has 1 atom stereocenters. The van der Waals surface area contributed by atoms with E-state index in [4.69, 9.17) is 4.74 Å². The molecule has 5 rings (SSSR count). The zero-order valence-electron chi connectivity index (χ0n) is 18.5. The number of hydrogen-bond acceptors (Lipinski definition) is 9. The minimum absolute atomic E-state index is 0.0586. The third-order valence-electron chi connectivity index (χ3n) is 6.30.